The number of fused-ring (bicyclic) bond motifs is 1. The first-order valence-corrected chi connectivity index (χ1v) is 9.26. The van der Waals surface area contributed by atoms with Crippen LogP contribution in [0.15, 0.2) is 59.2 Å². The van der Waals surface area contributed by atoms with Gasteiger partial charge < -0.3 is 14.4 Å². The lowest BCUT2D eigenvalue weighted by Crippen LogP contribution is -2.11. The fourth-order valence-corrected chi connectivity index (χ4v) is 3.31. The van der Waals surface area contributed by atoms with Crippen LogP contribution in [0.3, 0.4) is 0 Å². The molecule has 0 aliphatic carbocycles. The van der Waals surface area contributed by atoms with Crippen LogP contribution in [0.4, 0.5) is 4.39 Å². The van der Waals surface area contributed by atoms with Crippen LogP contribution in [0.1, 0.15) is 5.82 Å². The van der Waals surface area contributed by atoms with Crippen molar-refractivity contribution in [2.75, 3.05) is 12.4 Å². The highest BCUT2D eigenvalue weighted by Gasteiger charge is 2.17. The topological polar surface area (TPSA) is 88.1 Å². The average molecular weight is 397 g/mol. The number of aryl methyl sites for hydroxylation is 1. The molecule has 6 nitrogen and oxygen atoms in total. The van der Waals surface area contributed by atoms with Crippen molar-refractivity contribution in [3.05, 3.63) is 65.9 Å². The molecule has 0 saturated carbocycles. The third kappa shape index (κ3) is 4.15. The quantitative estimate of drug-likeness (QED) is 0.294. The maximum absolute atomic E-state index is 13.6. The number of nitriles is 1. The summed E-state index contributed by atoms with van der Waals surface area (Å²) in [5.41, 5.74) is 1.41. The Morgan fingerprint density at radius 1 is 1.29 bits per heavy atom. The molecule has 0 atom stereocenters. The van der Waals surface area contributed by atoms with E-state index in [0.717, 1.165) is 17.3 Å². The van der Waals surface area contributed by atoms with Gasteiger partial charge in [0.05, 0.1) is 16.8 Å². The van der Waals surface area contributed by atoms with Crippen molar-refractivity contribution in [1.29, 1.82) is 5.26 Å². The summed E-state index contributed by atoms with van der Waals surface area (Å²) in [5.74, 6) is -1.30. The lowest BCUT2D eigenvalue weighted by molar-refractivity contribution is -0.140. The van der Waals surface area contributed by atoms with E-state index in [0.29, 0.717) is 10.4 Å². The van der Waals surface area contributed by atoms with E-state index in [1.807, 2.05) is 24.3 Å². The molecule has 0 spiro atoms. The van der Waals surface area contributed by atoms with Crippen LogP contribution in [0, 0.1) is 17.1 Å². The Labute approximate surface area is 164 Å². The number of esters is 1. The van der Waals surface area contributed by atoms with Gasteiger partial charge in [-0.25, -0.2) is 9.37 Å². The van der Waals surface area contributed by atoms with Crippen molar-refractivity contribution in [2.45, 2.75) is 4.90 Å². The van der Waals surface area contributed by atoms with Gasteiger partial charge in [-0.3, -0.25) is 4.79 Å². The predicted molar refractivity (Wildman–Crippen MR) is 104 cm³/mol. The number of rotatable bonds is 6. The largest absolute Gasteiger partial charge is 0.507 e. The van der Waals surface area contributed by atoms with E-state index < -0.39 is 24.2 Å². The Morgan fingerprint density at radius 2 is 2.00 bits per heavy atom. The van der Waals surface area contributed by atoms with Gasteiger partial charge in [0.25, 0.3) is 0 Å². The molecule has 1 heterocycles. The lowest BCUT2D eigenvalue weighted by Gasteiger charge is -2.07. The molecule has 3 rings (SSSR count). The number of nitrogens with zero attached hydrogens (tertiary/aromatic N) is 3. The Hall–Kier alpha value is -3.31. The van der Waals surface area contributed by atoms with Crippen molar-refractivity contribution in [2.24, 2.45) is 7.05 Å². The number of halogens is 1. The van der Waals surface area contributed by atoms with Crippen molar-refractivity contribution in [3.63, 3.8) is 0 Å². The van der Waals surface area contributed by atoms with Crippen LogP contribution in [-0.4, -0.2) is 33.0 Å². The fraction of sp³-hybridized carbons (Fsp3) is 0.150. The van der Waals surface area contributed by atoms with E-state index in [1.165, 1.54) is 6.07 Å². The summed E-state index contributed by atoms with van der Waals surface area (Å²) in [5, 5.41) is 19.7. The maximum atomic E-state index is 13.6. The molecule has 0 fully saturated rings. The van der Waals surface area contributed by atoms with E-state index in [9.17, 15) is 19.6 Å². The van der Waals surface area contributed by atoms with Crippen LogP contribution < -0.4 is 0 Å². The molecule has 28 heavy (non-hydrogen) atoms. The summed E-state index contributed by atoms with van der Waals surface area (Å²) in [6, 6.07) is 15.3. The molecule has 2 aromatic carbocycles. The number of para-hydroxylation sites is 2. The number of aromatic nitrogens is 2. The van der Waals surface area contributed by atoms with Gasteiger partial charge in [-0.1, -0.05) is 24.3 Å². The number of carbonyl (C=O) groups excluding carboxylic acids is 1. The summed E-state index contributed by atoms with van der Waals surface area (Å²) in [6.07, 6.45) is 0. The number of thioether (sulfide) groups is 1. The molecule has 0 aliphatic rings. The Balaban J connectivity index is 1.69. The number of ether oxygens (including phenoxy) is 1. The van der Waals surface area contributed by atoms with Gasteiger partial charge in [0.15, 0.2) is 11.6 Å². The molecule has 0 bridgehead atoms. The number of aliphatic hydroxyl groups is 1. The van der Waals surface area contributed by atoms with Crippen molar-refractivity contribution >= 4 is 34.3 Å². The first-order valence-electron chi connectivity index (χ1n) is 8.28. The highest BCUT2D eigenvalue weighted by molar-refractivity contribution is 8.00. The third-order valence-corrected chi connectivity index (χ3v) is 4.99. The smallest absolute Gasteiger partial charge is 0.316 e. The molecule has 1 N–H and O–H groups in total. The van der Waals surface area contributed by atoms with E-state index in [1.54, 1.807) is 35.9 Å². The Morgan fingerprint density at radius 3 is 2.71 bits per heavy atom. The van der Waals surface area contributed by atoms with Gasteiger partial charge in [-0.05, 0) is 24.3 Å². The van der Waals surface area contributed by atoms with Crippen molar-refractivity contribution in [3.8, 4) is 6.07 Å². The number of hydrogen-bond donors (Lipinski definition) is 1. The third-order valence-electron chi connectivity index (χ3n) is 3.96. The minimum atomic E-state index is -0.637. The molecular weight excluding hydrogens is 381 g/mol. The van der Waals surface area contributed by atoms with Gasteiger partial charge in [0.2, 0.25) is 0 Å². The van der Waals surface area contributed by atoms with Crippen LogP contribution in [0.2, 0.25) is 0 Å². The highest BCUT2D eigenvalue weighted by Crippen LogP contribution is 2.23. The van der Waals surface area contributed by atoms with Gasteiger partial charge in [-0.2, -0.15) is 5.26 Å². The zero-order chi connectivity index (χ0) is 20.1. The average Bonchev–Trinajstić information content (AvgIpc) is 3.03. The molecule has 1 aromatic heterocycles. The number of imidazole rings is 1. The molecule has 0 saturated heterocycles. The Bertz CT molecular complexity index is 1100. The number of hydrogen-bond acceptors (Lipinski definition) is 6. The van der Waals surface area contributed by atoms with Crippen LogP contribution in [0.5, 0.6) is 0 Å². The molecule has 0 amide bonds. The summed E-state index contributed by atoms with van der Waals surface area (Å²) in [7, 11) is 1.73. The zero-order valence-corrected chi connectivity index (χ0v) is 15.7. The second-order valence-corrected chi connectivity index (χ2v) is 6.81. The summed E-state index contributed by atoms with van der Waals surface area (Å²) in [6.45, 7) is -0.469. The van der Waals surface area contributed by atoms with E-state index in [2.05, 4.69) is 4.98 Å². The van der Waals surface area contributed by atoms with Gasteiger partial charge in [0, 0.05) is 11.9 Å². The van der Waals surface area contributed by atoms with Gasteiger partial charge in [0.1, 0.15) is 24.1 Å². The molecule has 142 valence electrons. The van der Waals surface area contributed by atoms with Gasteiger partial charge >= 0.3 is 5.97 Å². The van der Waals surface area contributed by atoms with E-state index >= 15 is 0 Å². The first kappa shape index (κ1) is 19.5. The normalized spacial score (nSPS) is 11.8. The molecule has 8 heteroatoms. The summed E-state index contributed by atoms with van der Waals surface area (Å²) < 4.78 is 20.2. The lowest BCUT2D eigenvalue weighted by atomic mass is 10.2. The van der Waals surface area contributed by atoms with Crippen LogP contribution in [0.25, 0.3) is 16.6 Å². The summed E-state index contributed by atoms with van der Waals surface area (Å²) in [4.78, 5) is 16.6. The number of allylic oxidation sites excluding steroid dienone is 1. The second-order valence-electron chi connectivity index (χ2n) is 5.80. The number of benzene rings is 2. The number of aliphatic hydroxyl groups excluding tert-OH is 1. The number of carbonyl (C=O) groups is 1. The van der Waals surface area contributed by atoms with Crippen molar-refractivity contribution in [1.82, 2.24) is 9.55 Å². The van der Waals surface area contributed by atoms with Gasteiger partial charge in [-0.15, -0.1) is 11.8 Å². The molecule has 0 unspecified atom stereocenters. The van der Waals surface area contributed by atoms with Crippen LogP contribution in [-0.2, 0) is 16.6 Å². The summed E-state index contributed by atoms with van der Waals surface area (Å²) >= 11 is 0.994. The Kier molecular flexibility index (Phi) is 5.96. The highest BCUT2D eigenvalue weighted by atomic mass is 32.2. The van der Waals surface area contributed by atoms with E-state index in [-0.39, 0.29) is 17.2 Å². The molecule has 0 radical (unpaired) electrons. The monoisotopic (exact) mass is 397 g/mol. The fourth-order valence-electron chi connectivity index (χ4n) is 2.57. The molecular formula is C20H16FN3O3S. The zero-order valence-electron chi connectivity index (χ0n) is 14.9. The molecule has 3 aromatic rings. The minimum Gasteiger partial charge on any atom is -0.507 e. The second kappa shape index (κ2) is 8.59. The standard InChI is InChI=1S/C20H16FN3O3S/c1-24-16-8-4-3-7-15(16)23-20(24)13(10-22)17(25)11-27-19(26)12-28-18-9-5-2-6-14(18)21/h2-9,25H,11-12H2,1H3/b17-13-. The van der Waals surface area contributed by atoms with Crippen molar-refractivity contribution < 1.29 is 19.0 Å². The van der Waals surface area contributed by atoms with Crippen LogP contribution >= 0.6 is 11.8 Å². The predicted octanol–water partition coefficient (Wildman–Crippen LogP) is 3.84. The minimum absolute atomic E-state index is 0.0757. The maximum Gasteiger partial charge on any atom is 0.316 e. The van der Waals surface area contributed by atoms with E-state index in [4.69, 9.17) is 4.74 Å². The first-order chi connectivity index (χ1) is 13.5. The SMILES string of the molecule is Cn1c(/C(C#N)=C(\O)COC(=O)CSc2ccccc2F)nc2ccccc21. The molecule has 0 aliphatic heterocycles.